The van der Waals surface area contributed by atoms with E-state index in [0.29, 0.717) is 10.6 Å². The molecule has 2 rings (SSSR count). The second kappa shape index (κ2) is 5.36. The Morgan fingerprint density at radius 1 is 1.50 bits per heavy atom. The number of thiazole rings is 1. The van der Waals surface area contributed by atoms with E-state index in [1.807, 2.05) is 0 Å². The van der Waals surface area contributed by atoms with Crippen LogP contribution in [0.3, 0.4) is 0 Å². The number of aromatic nitrogens is 4. The first-order chi connectivity index (χ1) is 8.65. The molecule has 0 radical (unpaired) electrons. The average Bonchev–Trinajstić information content (AvgIpc) is 2.95. The lowest BCUT2D eigenvalue weighted by molar-refractivity contribution is -0.137. The van der Waals surface area contributed by atoms with Crippen LogP contribution in [0.1, 0.15) is 15.4 Å². The molecule has 0 saturated heterocycles. The maximum Gasteiger partial charge on any atom is 0.325 e. The minimum absolute atomic E-state index is 0.191. The van der Waals surface area contributed by atoms with Crippen molar-refractivity contribution >= 4 is 23.2 Å². The van der Waals surface area contributed by atoms with Gasteiger partial charge in [0, 0.05) is 0 Å². The lowest BCUT2D eigenvalue weighted by atomic mass is 10.4. The molecule has 9 heteroatoms. The zero-order chi connectivity index (χ0) is 13.0. The molecule has 18 heavy (non-hydrogen) atoms. The highest BCUT2D eigenvalue weighted by molar-refractivity contribution is 7.11. The fraction of sp³-hybridized carbons (Fsp3) is 0.222. The molecule has 2 heterocycles. The van der Waals surface area contributed by atoms with Gasteiger partial charge in [0.25, 0.3) is 5.91 Å². The van der Waals surface area contributed by atoms with Crippen molar-refractivity contribution in [2.45, 2.75) is 13.1 Å². The van der Waals surface area contributed by atoms with Gasteiger partial charge in [-0.1, -0.05) is 5.21 Å². The third-order valence-electron chi connectivity index (χ3n) is 1.97. The van der Waals surface area contributed by atoms with E-state index in [-0.39, 0.29) is 19.0 Å². The summed E-state index contributed by atoms with van der Waals surface area (Å²) in [6.45, 7) is -0.0633. The van der Waals surface area contributed by atoms with E-state index in [1.54, 1.807) is 5.51 Å². The number of rotatable bonds is 5. The standard InChI is InChI=1S/C9H9N5O3S/c15-8(16)4-14-3-6(12-13-14)1-11-9(17)7-2-10-5-18-7/h2-3,5H,1,4H2,(H,11,17)(H,15,16). The molecule has 0 aliphatic rings. The number of amides is 1. The van der Waals surface area contributed by atoms with Crippen molar-refractivity contribution in [1.82, 2.24) is 25.3 Å². The van der Waals surface area contributed by atoms with Crippen molar-refractivity contribution in [3.05, 3.63) is 28.5 Å². The van der Waals surface area contributed by atoms with Crippen LogP contribution in [0.2, 0.25) is 0 Å². The molecule has 0 unspecified atom stereocenters. The lowest BCUT2D eigenvalue weighted by Crippen LogP contribution is -2.22. The van der Waals surface area contributed by atoms with Gasteiger partial charge in [-0.2, -0.15) is 0 Å². The molecule has 0 aliphatic carbocycles. The van der Waals surface area contributed by atoms with E-state index in [0.717, 1.165) is 0 Å². The molecule has 0 fully saturated rings. The van der Waals surface area contributed by atoms with Gasteiger partial charge in [0.1, 0.15) is 17.1 Å². The van der Waals surface area contributed by atoms with E-state index >= 15 is 0 Å². The van der Waals surface area contributed by atoms with Gasteiger partial charge in [0.2, 0.25) is 0 Å². The topological polar surface area (TPSA) is 110 Å². The summed E-state index contributed by atoms with van der Waals surface area (Å²) < 4.78 is 1.19. The van der Waals surface area contributed by atoms with E-state index < -0.39 is 5.97 Å². The number of carboxylic acids is 1. The zero-order valence-electron chi connectivity index (χ0n) is 9.11. The molecule has 2 aromatic rings. The second-order valence-corrected chi connectivity index (χ2v) is 4.24. The van der Waals surface area contributed by atoms with Gasteiger partial charge >= 0.3 is 5.97 Å². The molecule has 2 N–H and O–H groups in total. The predicted octanol–water partition coefficient (Wildman–Crippen LogP) is -0.251. The third kappa shape index (κ3) is 3.10. The third-order valence-corrected chi connectivity index (χ3v) is 2.74. The molecule has 0 aromatic carbocycles. The van der Waals surface area contributed by atoms with Gasteiger partial charge in [-0.05, 0) is 0 Å². The summed E-state index contributed by atoms with van der Waals surface area (Å²) in [5, 5.41) is 18.6. The highest BCUT2D eigenvalue weighted by atomic mass is 32.1. The summed E-state index contributed by atoms with van der Waals surface area (Å²) in [6.07, 6.45) is 2.95. The molecule has 8 nitrogen and oxygen atoms in total. The van der Waals surface area contributed by atoms with Gasteiger partial charge in [-0.25, -0.2) is 4.68 Å². The Kier molecular flexibility index (Phi) is 3.63. The van der Waals surface area contributed by atoms with Crippen LogP contribution in [0, 0.1) is 0 Å². The average molecular weight is 267 g/mol. The predicted molar refractivity (Wildman–Crippen MR) is 60.9 cm³/mol. The highest BCUT2D eigenvalue weighted by Crippen LogP contribution is 2.05. The molecule has 0 spiro atoms. The van der Waals surface area contributed by atoms with Crippen LogP contribution in [0.5, 0.6) is 0 Å². The number of carbonyl (C=O) groups excluding carboxylic acids is 1. The summed E-state index contributed by atoms with van der Waals surface area (Å²) in [5.74, 6) is -1.24. The van der Waals surface area contributed by atoms with Crippen LogP contribution >= 0.6 is 11.3 Å². The van der Waals surface area contributed by atoms with E-state index in [2.05, 4.69) is 20.6 Å². The number of nitrogens with one attached hydrogen (secondary N) is 1. The molecule has 2 aromatic heterocycles. The van der Waals surface area contributed by atoms with Crippen molar-refractivity contribution in [1.29, 1.82) is 0 Å². The monoisotopic (exact) mass is 267 g/mol. The van der Waals surface area contributed by atoms with Crippen LogP contribution in [-0.4, -0.2) is 37.0 Å². The maximum atomic E-state index is 11.6. The quantitative estimate of drug-likeness (QED) is 0.773. The van der Waals surface area contributed by atoms with E-state index in [1.165, 1.54) is 28.4 Å². The van der Waals surface area contributed by atoms with Crippen molar-refractivity contribution in [2.75, 3.05) is 0 Å². The summed E-state index contributed by atoms with van der Waals surface area (Å²) in [7, 11) is 0. The second-order valence-electron chi connectivity index (χ2n) is 3.35. The minimum atomic E-state index is -1.000. The largest absolute Gasteiger partial charge is 0.480 e. The maximum absolute atomic E-state index is 11.6. The molecule has 0 saturated carbocycles. The van der Waals surface area contributed by atoms with Crippen molar-refractivity contribution in [2.24, 2.45) is 0 Å². The van der Waals surface area contributed by atoms with Gasteiger partial charge in [0.15, 0.2) is 0 Å². The Labute approximate surface area is 105 Å². The number of hydrogen-bond acceptors (Lipinski definition) is 6. The molecular weight excluding hydrogens is 258 g/mol. The molecule has 0 aliphatic heterocycles. The summed E-state index contributed by atoms with van der Waals surface area (Å²) in [6, 6.07) is 0. The van der Waals surface area contributed by atoms with Crippen molar-refractivity contribution in [3.8, 4) is 0 Å². The van der Waals surface area contributed by atoms with Crippen LogP contribution < -0.4 is 5.32 Å². The van der Waals surface area contributed by atoms with Gasteiger partial charge in [-0.3, -0.25) is 14.6 Å². The molecule has 0 bridgehead atoms. The minimum Gasteiger partial charge on any atom is -0.480 e. The molecule has 94 valence electrons. The van der Waals surface area contributed by atoms with Crippen LogP contribution in [0.25, 0.3) is 0 Å². The summed E-state index contributed by atoms with van der Waals surface area (Å²) in [5.41, 5.74) is 2.06. The normalized spacial score (nSPS) is 10.2. The van der Waals surface area contributed by atoms with Crippen molar-refractivity contribution in [3.63, 3.8) is 0 Å². The number of nitrogens with zero attached hydrogens (tertiary/aromatic N) is 4. The summed E-state index contributed by atoms with van der Waals surface area (Å²) in [4.78, 5) is 26.3. The number of aliphatic carboxylic acids is 1. The number of carboxylic acid groups (broad SMARTS) is 1. The Bertz CT molecular complexity index is 550. The Morgan fingerprint density at radius 3 is 3.00 bits per heavy atom. The smallest absolute Gasteiger partial charge is 0.325 e. The lowest BCUT2D eigenvalue weighted by Gasteiger charge is -1.98. The number of hydrogen-bond donors (Lipinski definition) is 2. The Hall–Kier alpha value is -2.29. The Balaban J connectivity index is 1.88. The van der Waals surface area contributed by atoms with Crippen LogP contribution in [-0.2, 0) is 17.9 Å². The van der Waals surface area contributed by atoms with Crippen molar-refractivity contribution < 1.29 is 14.7 Å². The first kappa shape index (κ1) is 12.2. The zero-order valence-corrected chi connectivity index (χ0v) is 9.92. The molecular formula is C9H9N5O3S. The molecule has 0 atom stereocenters. The van der Waals surface area contributed by atoms with Crippen LogP contribution in [0.4, 0.5) is 0 Å². The Morgan fingerprint density at radius 2 is 2.33 bits per heavy atom. The van der Waals surface area contributed by atoms with E-state index in [9.17, 15) is 9.59 Å². The van der Waals surface area contributed by atoms with Gasteiger partial charge in [0.05, 0.1) is 24.4 Å². The fourth-order valence-corrected chi connectivity index (χ4v) is 1.76. The van der Waals surface area contributed by atoms with Crippen LogP contribution in [0.15, 0.2) is 17.9 Å². The van der Waals surface area contributed by atoms with E-state index in [4.69, 9.17) is 5.11 Å². The first-order valence-electron chi connectivity index (χ1n) is 4.92. The summed E-state index contributed by atoms with van der Waals surface area (Å²) >= 11 is 1.24. The fourth-order valence-electron chi connectivity index (χ4n) is 1.22. The number of carbonyl (C=O) groups is 2. The first-order valence-corrected chi connectivity index (χ1v) is 5.80. The van der Waals surface area contributed by atoms with Gasteiger partial charge < -0.3 is 10.4 Å². The SMILES string of the molecule is O=C(O)Cn1cc(CNC(=O)c2cncs2)nn1. The van der Waals surface area contributed by atoms with Gasteiger partial charge in [-0.15, -0.1) is 16.4 Å². The molecule has 1 amide bonds. The highest BCUT2D eigenvalue weighted by Gasteiger charge is 2.09.